The van der Waals surface area contributed by atoms with Gasteiger partial charge in [-0.15, -0.1) is 0 Å². The minimum Gasteiger partial charge on any atom is -0.309 e. The standard InChI is InChI=1S/C11H10ClN3O2/c1-7(6-13)11(14-2)9-5-8(15(16)17)3-4-10(9)12/h3-5,11,14H,1H2,2H3. The van der Waals surface area contributed by atoms with Gasteiger partial charge in [0.15, 0.2) is 0 Å². The molecule has 88 valence electrons. The lowest BCUT2D eigenvalue weighted by Gasteiger charge is -2.16. The summed E-state index contributed by atoms with van der Waals surface area (Å²) < 4.78 is 0. The second kappa shape index (κ2) is 5.43. The van der Waals surface area contributed by atoms with E-state index < -0.39 is 11.0 Å². The topological polar surface area (TPSA) is 79.0 Å². The van der Waals surface area contributed by atoms with Crippen LogP contribution in [0.2, 0.25) is 5.02 Å². The summed E-state index contributed by atoms with van der Waals surface area (Å²) in [6.07, 6.45) is 0. The summed E-state index contributed by atoms with van der Waals surface area (Å²) in [6.45, 7) is 3.58. The number of rotatable bonds is 4. The zero-order chi connectivity index (χ0) is 13.0. The average Bonchev–Trinajstić information content (AvgIpc) is 2.31. The zero-order valence-corrected chi connectivity index (χ0v) is 9.86. The molecule has 0 fully saturated rings. The molecule has 1 rings (SSSR count). The van der Waals surface area contributed by atoms with E-state index in [1.807, 2.05) is 6.07 Å². The average molecular weight is 252 g/mol. The molecule has 0 heterocycles. The summed E-state index contributed by atoms with van der Waals surface area (Å²) in [7, 11) is 1.63. The molecule has 1 aromatic carbocycles. The lowest BCUT2D eigenvalue weighted by molar-refractivity contribution is -0.384. The van der Waals surface area contributed by atoms with E-state index in [1.165, 1.54) is 18.2 Å². The van der Waals surface area contributed by atoms with Gasteiger partial charge in [0.05, 0.1) is 17.0 Å². The van der Waals surface area contributed by atoms with Gasteiger partial charge in [0.2, 0.25) is 0 Å². The summed E-state index contributed by atoms with van der Waals surface area (Å²) in [5.74, 6) is 0. The highest BCUT2D eigenvalue weighted by atomic mass is 35.5. The largest absolute Gasteiger partial charge is 0.309 e. The number of nitrogens with one attached hydrogen (secondary N) is 1. The van der Waals surface area contributed by atoms with Gasteiger partial charge in [0.1, 0.15) is 0 Å². The Morgan fingerprint density at radius 3 is 2.82 bits per heavy atom. The van der Waals surface area contributed by atoms with Crippen molar-refractivity contribution in [2.24, 2.45) is 0 Å². The van der Waals surface area contributed by atoms with Crippen LogP contribution in [0.1, 0.15) is 11.6 Å². The Morgan fingerprint density at radius 1 is 1.71 bits per heavy atom. The molecule has 6 heteroatoms. The molecule has 0 amide bonds. The smallest absolute Gasteiger partial charge is 0.269 e. The highest BCUT2D eigenvalue weighted by molar-refractivity contribution is 6.31. The van der Waals surface area contributed by atoms with Gasteiger partial charge in [0, 0.05) is 22.7 Å². The third-order valence-corrected chi connectivity index (χ3v) is 2.63. The van der Waals surface area contributed by atoms with Crippen molar-refractivity contribution >= 4 is 17.3 Å². The van der Waals surface area contributed by atoms with Gasteiger partial charge in [-0.2, -0.15) is 5.26 Å². The number of halogens is 1. The molecule has 5 nitrogen and oxygen atoms in total. The van der Waals surface area contributed by atoms with Gasteiger partial charge in [-0.25, -0.2) is 0 Å². The normalized spacial score (nSPS) is 11.6. The molecule has 0 saturated heterocycles. The SMILES string of the molecule is C=C(C#N)C(NC)c1cc([N+](=O)[O-])ccc1Cl. The van der Waals surface area contributed by atoms with Crippen LogP contribution in [0, 0.1) is 21.4 Å². The molecule has 0 radical (unpaired) electrons. The molecular formula is C11H10ClN3O2. The van der Waals surface area contributed by atoms with Crippen LogP contribution < -0.4 is 5.32 Å². The van der Waals surface area contributed by atoms with E-state index >= 15 is 0 Å². The third kappa shape index (κ3) is 2.81. The Labute approximate surface area is 103 Å². The van der Waals surface area contributed by atoms with E-state index in [9.17, 15) is 10.1 Å². The van der Waals surface area contributed by atoms with E-state index in [-0.39, 0.29) is 11.3 Å². The second-order valence-electron chi connectivity index (χ2n) is 3.32. The van der Waals surface area contributed by atoms with Crippen molar-refractivity contribution in [1.29, 1.82) is 5.26 Å². The fourth-order valence-corrected chi connectivity index (χ4v) is 1.67. The van der Waals surface area contributed by atoms with Crippen molar-refractivity contribution in [3.8, 4) is 6.07 Å². The highest BCUT2D eigenvalue weighted by Gasteiger charge is 2.19. The molecule has 1 N–H and O–H groups in total. The van der Waals surface area contributed by atoms with Crippen LogP contribution in [0.5, 0.6) is 0 Å². The molecule has 0 bridgehead atoms. The van der Waals surface area contributed by atoms with Crippen LogP contribution in [-0.4, -0.2) is 12.0 Å². The highest BCUT2D eigenvalue weighted by Crippen LogP contribution is 2.30. The Hall–Kier alpha value is -1.90. The van der Waals surface area contributed by atoms with Crippen molar-refractivity contribution in [2.45, 2.75) is 6.04 Å². The summed E-state index contributed by atoms with van der Waals surface area (Å²) in [6, 6.07) is 5.47. The first kappa shape index (κ1) is 13.2. The lowest BCUT2D eigenvalue weighted by Crippen LogP contribution is -2.18. The lowest BCUT2D eigenvalue weighted by atomic mass is 10.0. The molecule has 0 aliphatic heterocycles. The maximum atomic E-state index is 10.7. The number of hydrogen-bond acceptors (Lipinski definition) is 4. The fraction of sp³-hybridized carbons (Fsp3) is 0.182. The van der Waals surface area contributed by atoms with Gasteiger partial charge < -0.3 is 5.32 Å². The van der Waals surface area contributed by atoms with Crippen molar-refractivity contribution in [2.75, 3.05) is 7.05 Å². The number of nitriles is 1. The van der Waals surface area contributed by atoms with Gasteiger partial charge in [-0.3, -0.25) is 10.1 Å². The van der Waals surface area contributed by atoms with Crippen molar-refractivity contribution in [3.63, 3.8) is 0 Å². The van der Waals surface area contributed by atoms with Crippen LogP contribution >= 0.6 is 11.6 Å². The van der Waals surface area contributed by atoms with Crippen molar-refractivity contribution in [1.82, 2.24) is 5.32 Å². The number of nitro benzene ring substituents is 1. The predicted octanol–water partition coefficient (Wildman–Crippen LogP) is 2.59. The Morgan fingerprint density at radius 2 is 2.35 bits per heavy atom. The van der Waals surface area contributed by atoms with E-state index in [0.717, 1.165) is 0 Å². The minimum absolute atomic E-state index is 0.0737. The molecule has 0 spiro atoms. The Kier molecular flexibility index (Phi) is 4.21. The van der Waals surface area contributed by atoms with Gasteiger partial charge in [-0.1, -0.05) is 18.2 Å². The van der Waals surface area contributed by atoms with Crippen LogP contribution in [0.3, 0.4) is 0 Å². The Bertz CT molecular complexity index is 508. The molecular weight excluding hydrogens is 242 g/mol. The molecule has 0 aliphatic rings. The van der Waals surface area contributed by atoms with Crippen molar-refractivity contribution in [3.05, 3.63) is 51.1 Å². The second-order valence-corrected chi connectivity index (χ2v) is 3.73. The van der Waals surface area contributed by atoms with E-state index in [0.29, 0.717) is 10.6 Å². The summed E-state index contributed by atoms with van der Waals surface area (Å²) in [5, 5.41) is 22.7. The van der Waals surface area contributed by atoms with Crippen LogP contribution in [0.25, 0.3) is 0 Å². The maximum absolute atomic E-state index is 10.7. The Balaban J connectivity index is 3.28. The first-order valence-corrected chi connectivity index (χ1v) is 5.09. The van der Waals surface area contributed by atoms with Gasteiger partial charge >= 0.3 is 0 Å². The van der Waals surface area contributed by atoms with Gasteiger partial charge in [0.25, 0.3) is 5.69 Å². The van der Waals surface area contributed by atoms with E-state index in [4.69, 9.17) is 16.9 Å². The predicted molar refractivity (Wildman–Crippen MR) is 64.7 cm³/mol. The molecule has 1 aromatic rings. The molecule has 17 heavy (non-hydrogen) atoms. The number of non-ortho nitro benzene ring substituents is 1. The fourth-order valence-electron chi connectivity index (χ4n) is 1.45. The molecule has 1 unspecified atom stereocenters. The number of benzene rings is 1. The third-order valence-electron chi connectivity index (χ3n) is 2.28. The number of likely N-dealkylation sites (N-methyl/N-ethyl adjacent to an activating group) is 1. The maximum Gasteiger partial charge on any atom is 0.269 e. The monoisotopic (exact) mass is 251 g/mol. The zero-order valence-electron chi connectivity index (χ0n) is 9.11. The molecule has 1 atom stereocenters. The number of nitro groups is 1. The first-order chi connectivity index (χ1) is 8.01. The summed E-state index contributed by atoms with van der Waals surface area (Å²) >= 11 is 5.96. The first-order valence-electron chi connectivity index (χ1n) is 4.71. The molecule has 0 aromatic heterocycles. The number of nitrogens with zero attached hydrogens (tertiary/aromatic N) is 2. The molecule has 0 aliphatic carbocycles. The minimum atomic E-state index is -0.521. The summed E-state index contributed by atoms with van der Waals surface area (Å²) in [5.41, 5.74) is 0.639. The number of hydrogen-bond donors (Lipinski definition) is 1. The van der Waals surface area contributed by atoms with Crippen LogP contribution in [0.4, 0.5) is 5.69 Å². The van der Waals surface area contributed by atoms with E-state index in [2.05, 4.69) is 11.9 Å². The molecule has 0 saturated carbocycles. The van der Waals surface area contributed by atoms with E-state index in [1.54, 1.807) is 7.05 Å². The quantitative estimate of drug-likeness (QED) is 0.507. The van der Waals surface area contributed by atoms with Crippen LogP contribution in [0.15, 0.2) is 30.4 Å². The van der Waals surface area contributed by atoms with Crippen molar-refractivity contribution < 1.29 is 4.92 Å². The van der Waals surface area contributed by atoms with Crippen LogP contribution in [-0.2, 0) is 0 Å². The van der Waals surface area contributed by atoms with Gasteiger partial charge in [-0.05, 0) is 18.7 Å². The summed E-state index contributed by atoms with van der Waals surface area (Å²) in [4.78, 5) is 10.2.